The van der Waals surface area contributed by atoms with Gasteiger partial charge < -0.3 is 22.5 Å². The van der Waals surface area contributed by atoms with Crippen LogP contribution in [0, 0.1) is 13.8 Å². The van der Waals surface area contributed by atoms with Crippen molar-refractivity contribution < 1.29 is 18.0 Å². The summed E-state index contributed by atoms with van der Waals surface area (Å²) < 4.78 is 39.1. The van der Waals surface area contributed by atoms with Crippen molar-refractivity contribution in [2.24, 2.45) is 0 Å². The maximum absolute atomic E-state index is 13.0. The van der Waals surface area contributed by atoms with Gasteiger partial charge in [-0.2, -0.15) is 13.2 Å². The number of alkyl halides is 3. The van der Waals surface area contributed by atoms with E-state index < -0.39 is 11.7 Å². The highest BCUT2D eigenvalue weighted by Gasteiger charge is 2.34. The lowest BCUT2D eigenvalue weighted by Gasteiger charge is -2.15. The number of halogens is 3. The van der Waals surface area contributed by atoms with Crippen LogP contribution in [0.15, 0.2) is 84.9 Å². The molecular formula is C28H27F3N4O. The molecule has 0 saturated carbocycles. The van der Waals surface area contributed by atoms with Gasteiger partial charge in [-0.05, 0) is 91.2 Å². The van der Waals surface area contributed by atoms with E-state index in [0.717, 1.165) is 17.3 Å². The molecule has 0 fully saturated rings. The molecule has 0 aliphatic carbocycles. The molecule has 0 heterocycles. The second-order valence-corrected chi connectivity index (χ2v) is 8.32. The van der Waals surface area contributed by atoms with Crippen LogP contribution in [-0.4, -0.2) is 5.91 Å². The molecule has 7 N–H and O–H groups in total. The quantitative estimate of drug-likeness (QED) is 0.239. The summed E-state index contributed by atoms with van der Waals surface area (Å²) in [5.41, 5.74) is 21.0. The number of carbonyl (C=O) groups excluding carboxylic acids is 1. The Balaban J connectivity index is 0.000000202. The third-order valence-corrected chi connectivity index (χ3v) is 5.37. The van der Waals surface area contributed by atoms with E-state index in [0.29, 0.717) is 28.1 Å². The molecule has 4 aromatic carbocycles. The molecule has 0 atom stereocenters. The van der Waals surface area contributed by atoms with Crippen LogP contribution in [0.4, 0.5) is 35.9 Å². The lowest BCUT2D eigenvalue weighted by molar-refractivity contribution is -0.137. The number of amides is 1. The molecular weight excluding hydrogens is 465 g/mol. The molecule has 0 saturated heterocycles. The Morgan fingerprint density at radius 3 is 1.78 bits per heavy atom. The van der Waals surface area contributed by atoms with Gasteiger partial charge in [0, 0.05) is 28.3 Å². The number of hydrogen-bond donors (Lipinski definition) is 4. The van der Waals surface area contributed by atoms with Gasteiger partial charge in [-0.1, -0.05) is 29.8 Å². The van der Waals surface area contributed by atoms with E-state index in [-0.39, 0.29) is 17.2 Å². The van der Waals surface area contributed by atoms with Crippen LogP contribution >= 0.6 is 0 Å². The summed E-state index contributed by atoms with van der Waals surface area (Å²) in [5.74, 6) is -0.131. The van der Waals surface area contributed by atoms with E-state index >= 15 is 0 Å². The Labute approximate surface area is 207 Å². The molecule has 0 aromatic heterocycles. The van der Waals surface area contributed by atoms with E-state index in [1.165, 1.54) is 12.1 Å². The molecule has 5 nitrogen and oxygen atoms in total. The first-order valence-electron chi connectivity index (χ1n) is 11.0. The number of anilines is 4. The summed E-state index contributed by atoms with van der Waals surface area (Å²) in [6, 6.07) is 23.1. The first kappa shape index (κ1) is 26.2. The highest BCUT2D eigenvalue weighted by atomic mass is 19.4. The number of nitrogen functional groups attached to an aromatic ring is 3. The molecule has 186 valence electrons. The summed E-state index contributed by atoms with van der Waals surface area (Å²) in [5, 5.41) is 2.83. The van der Waals surface area contributed by atoms with Gasteiger partial charge >= 0.3 is 6.18 Å². The van der Waals surface area contributed by atoms with Crippen LogP contribution in [0.2, 0.25) is 0 Å². The molecule has 4 rings (SSSR count). The van der Waals surface area contributed by atoms with E-state index in [2.05, 4.69) is 5.32 Å². The molecule has 0 aliphatic heterocycles. The number of nitrogens with two attached hydrogens (primary N) is 3. The van der Waals surface area contributed by atoms with Gasteiger partial charge in [-0.15, -0.1) is 0 Å². The Morgan fingerprint density at radius 2 is 1.22 bits per heavy atom. The zero-order valence-corrected chi connectivity index (χ0v) is 19.9. The first-order chi connectivity index (χ1) is 16.9. The fourth-order valence-electron chi connectivity index (χ4n) is 3.49. The van der Waals surface area contributed by atoms with Gasteiger partial charge in [0.1, 0.15) is 0 Å². The fraction of sp³-hybridized carbons (Fsp3) is 0.107. The summed E-state index contributed by atoms with van der Waals surface area (Å²) in [4.78, 5) is 11.9. The lowest BCUT2D eigenvalue weighted by Crippen LogP contribution is -2.11. The normalized spacial score (nSPS) is 10.8. The predicted molar refractivity (Wildman–Crippen MR) is 140 cm³/mol. The minimum atomic E-state index is -4.45. The topological polar surface area (TPSA) is 107 Å². The molecule has 0 spiro atoms. The molecule has 1 amide bonds. The van der Waals surface area contributed by atoms with Crippen LogP contribution in [0.5, 0.6) is 0 Å². The average molecular weight is 493 g/mol. The van der Waals surface area contributed by atoms with Crippen LogP contribution < -0.4 is 22.5 Å². The Kier molecular flexibility index (Phi) is 7.89. The maximum Gasteiger partial charge on any atom is 0.417 e. The van der Waals surface area contributed by atoms with Crippen molar-refractivity contribution in [1.29, 1.82) is 0 Å². The molecule has 0 radical (unpaired) electrons. The van der Waals surface area contributed by atoms with Gasteiger partial charge in [-0.25, -0.2) is 0 Å². The molecule has 4 aromatic rings. The predicted octanol–water partition coefficient (Wildman–Crippen LogP) is 6.67. The molecule has 0 aliphatic rings. The number of nitrogens with one attached hydrogen (secondary N) is 1. The lowest BCUT2D eigenvalue weighted by atomic mass is 9.95. The number of carbonyl (C=O) groups is 1. The number of hydrogen-bond acceptors (Lipinski definition) is 4. The molecule has 0 bridgehead atoms. The summed E-state index contributed by atoms with van der Waals surface area (Å²) in [6.45, 7) is 3.73. The third-order valence-electron chi connectivity index (χ3n) is 5.37. The van der Waals surface area contributed by atoms with Crippen LogP contribution in [0.25, 0.3) is 11.1 Å². The van der Waals surface area contributed by atoms with Crippen molar-refractivity contribution in [3.05, 3.63) is 107 Å². The number of benzene rings is 4. The van der Waals surface area contributed by atoms with Crippen LogP contribution in [0.3, 0.4) is 0 Å². The highest BCUT2D eigenvalue weighted by molar-refractivity contribution is 6.04. The van der Waals surface area contributed by atoms with Gasteiger partial charge in [0.2, 0.25) is 0 Å². The largest absolute Gasteiger partial charge is 0.417 e. The molecule has 8 heteroatoms. The van der Waals surface area contributed by atoms with Gasteiger partial charge in [0.15, 0.2) is 0 Å². The first-order valence-corrected chi connectivity index (χ1v) is 11.0. The Bertz CT molecular complexity index is 1350. The molecule has 36 heavy (non-hydrogen) atoms. The van der Waals surface area contributed by atoms with E-state index in [1.807, 2.05) is 31.2 Å². The summed E-state index contributed by atoms with van der Waals surface area (Å²) in [7, 11) is 0. The Hall–Kier alpha value is -4.46. The van der Waals surface area contributed by atoms with Gasteiger partial charge in [0.05, 0.1) is 5.56 Å². The van der Waals surface area contributed by atoms with Crippen molar-refractivity contribution in [2.45, 2.75) is 20.0 Å². The minimum Gasteiger partial charge on any atom is -0.399 e. The van der Waals surface area contributed by atoms with E-state index in [9.17, 15) is 18.0 Å². The van der Waals surface area contributed by atoms with Crippen molar-refractivity contribution >= 4 is 28.7 Å². The maximum atomic E-state index is 13.0. The van der Waals surface area contributed by atoms with Crippen LogP contribution in [-0.2, 0) is 6.18 Å². The van der Waals surface area contributed by atoms with Crippen molar-refractivity contribution in [3.63, 3.8) is 0 Å². The fourth-order valence-corrected chi connectivity index (χ4v) is 3.49. The Morgan fingerprint density at radius 1 is 0.694 bits per heavy atom. The zero-order valence-electron chi connectivity index (χ0n) is 19.9. The SMILES string of the molecule is Cc1cc(N)ccc1-c1ccc(N)cc1C(F)(F)F.Cc1ccc(NC(=O)c2ccc(N)cc2)cc1. The monoisotopic (exact) mass is 492 g/mol. The average Bonchev–Trinajstić information content (AvgIpc) is 2.81. The van der Waals surface area contributed by atoms with Crippen molar-refractivity contribution in [3.8, 4) is 11.1 Å². The second kappa shape index (κ2) is 10.9. The van der Waals surface area contributed by atoms with Gasteiger partial charge in [0.25, 0.3) is 5.91 Å². The van der Waals surface area contributed by atoms with Crippen LogP contribution in [0.1, 0.15) is 27.0 Å². The second-order valence-electron chi connectivity index (χ2n) is 8.32. The third kappa shape index (κ3) is 6.79. The number of aryl methyl sites for hydroxylation is 2. The minimum absolute atomic E-state index is 0.0872. The number of rotatable bonds is 3. The van der Waals surface area contributed by atoms with Crippen molar-refractivity contribution in [2.75, 3.05) is 22.5 Å². The zero-order chi connectivity index (χ0) is 26.5. The van der Waals surface area contributed by atoms with Gasteiger partial charge in [-0.3, -0.25) is 4.79 Å². The standard InChI is InChI=1S/C14H13F3N2.C14H14N2O/c1-8-6-9(18)2-4-11(8)12-5-3-10(19)7-13(12)14(15,16)17;1-10-2-8-13(9-3-10)16-14(17)11-4-6-12(15)7-5-11/h2-7H,18-19H2,1H3;2-9H,15H2,1H3,(H,16,17). The highest BCUT2D eigenvalue weighted by Crippen LogP contribution is 2.39. The van der Waals surface area contributed by atoms with Crippen molar-refractivity contribution in [1.82, 2.24) is 0 Å². The van der Waals surface area contributed by atoms with E-state index in [1.54, 1.807) is 49.4 Å². The summed E-state index contributed by atoms with van der Waals surface area (Å²) in [6.07, 6.45) is -4.45. The smallest absolute Gasteiger partial charge is 0.399 e. The summed E-state index contributed by atoms with van der Waals surface area (Å²) >= 11 is 0. The van der Waals surface area contributed by atoms with E-state index in [4.69, 9.17) is 17.2 Å². The molecule has 0 unspecified atom stereocenters.